The standard InChI is InChI=1S/C12H15NO3.3C12H17NO.4C6H11NO.C5H9NO.C4H6N2O.4CH4/c1-9(2)13(8-14)7-10-4-3-5-11(6-10)12(15)16;2*1-10(2)13(9-14)8-12-6-4-11(3)5-7-12;1-10(2)13(9-14)8-12-6-4-5-11(3)7-12;4*8-6-7-4-2-1-3-5-7;7-5-6-3-1-2-4-6;1-3-5-4(2)7-6-3;;;;/h3-6,8-9H,7H2,1-2H3,(H,15,16);3*4-7,9-10H,8H2,1-3H3;4*6H,1-5H2;5H,1-4H2;1-2H3;4*1H4. The van der Waals surface area contributed by atoms with Gasteiger partial charge in [-0.25, -0.2) is 4.79 Å². The molecule has 5 saturated heterocycles. The van der Waals surface area contributed by atoms with Crippen LogP contribution in [0.4, 0.5) is 0 Å². The summed E-state index contributed by atoms with van der Waals surface area (Å²) in [6, 6.07) is 32.3. The summed E-state index contributed by atoms with van der Waals surface area (Å²) in [5.74, 6) is 0.360. The molecule has 9 amide bonds. The molecule has 5 aliphatic heterocycles. The summed E-state index contributed by atoms with van der Waals surface area (Å²) in [7, 11) is 0. The van der Waals surface area contributed by atoms with Gasteiger partial charge in [0.1, 0.15) is 0 Å². The van der Waals surface area contributed by atoms with Crippen LogP contribution in [0.15, 0.2) is 102 Å². The quantitative estimate of drug-likeness (QED) is 0.0632. The van der Waals surface area contributed by atoms with Gasteiger partial charge in [-0.1, -0.05) is 136 Å². The molecule has 10 rings (SSSR count). The Balaban J connectivity index is -0.000000561. The van der Waals surface area contributed by atoms with E-state index in [1.54, 1.807) is 50.5 Å². The SMILES string of the molecule is C.C.C.C.CC(C)N(C=O)Cc1cccc(C(=O)O)c1.Cc1ccc(CN(C=O)C(C)C)cc1.Cc1ccc(CN(C=O)C(C)C)cc1.Cc1cccc(CN(C=O)C(C)C)c1.Cc1noc(C)n1.O=CN1CCCC1.O=CN1CCCCC1.O=CN1CCCCC1.O=CN1CCCCC1.O=CN1CCCCC1. The molecule has 0 atom stereocenters. The molecule has 108 heavy (non-hydrogen) atoms. The topological polar surface area (TPSA) is 259 Å². The van der Waals surface area contributed by atoms with Crippen molar-refractivity contribution in [1.82, 2.24) is 54.2 Å². The van der Waals surface area contributed by atoms with Gasteiger partial charge in [0.15, 0.2) is 5.82 Å². The van der Waals surface area contributed by atoms with E-state index in [2.05, 4.69) is 96.1 Å². The Hall–Kier alpha value is -9.28. The maximum absolute atomic E-state index is 10.8. The van der Waals surface area contributed by atoms with Crippen LogP contribution >= 0.6 is 0 Å². The first-order valence-corrected chi connectivity index (χ1v) is 37.0. The summed E-state index contributed by atoms with van der Waals surface area (Å²) in [6.45, 7) is 37.9. The Bertz CT molecular complexity index is 2930. The van der Waals surface area contributed by atoms with E-state index in [1.165, 1.54) is 129 Å². The molecule has 0 saturated carbocycles. The molecule has 0 unspecified atom stereocenters. The number of hydrogen-bond donors (Lipinski definition) is 1. The molecule has 5 fully saturated rings. The highest BCUT2D eigenvalue weighted by Crippen LogP contribution is 2.14. The number of amides is 9. The van der Waals surface area contributed by atoms with Crippen molar-refractivity contribution in [2.24, 2.45) is 0 Å². The van der Waals surface area contributed by atoms with E-state index in [1.807, 2.05) is 93.2 Å². The molecule has 5 aromatic rings. The molecule has 0 radical (unpaired) electrons. The van der Waals surface area contributed by atoms with Crippen LogP contribution in [0.3, 0.4) is 0 Å². The minimum Gasteiger partial charge on any atom is -0.478 e. The third-order valence-corrected chi connectivity index (χ3v) is 17.2. The molecule has 23 heteroatoms. The first-order valence-electron chi connectivity index (χ1n) is 37.0. The van der Waals surface area contributed by atoms with Gasteiger partial charge < -0.3 is 53.7 Å². The highest BCUT2D eigenvalue weighted by molar-refractivity contribution is 5.87. The summed E-state index contributed by atoms with van der Waals surface area (Å²) in [4.78, 5) is 124. The van der Waals surface area contributed by atoms with Gasteiger partial charge in [0.2, 0.25) is 63.6 Å². The molecule has 5 aliphatic rings. The molecule has 23 nitrogen and oxygen atoms in total. The van der Waals surface area contributed by atoms with E-state index >= 15 is 0 Å². The van der Waals surface area contributed by atoms with Crippen molar-refractivity contribution in [2.45, 2.75) is 260 Å². The minimum absolute atomic E-state index is 0. The summed E-state index contributed by atoms with van der Waals surface area (Å²) >= 11 is 0. The highest BCUT2D eigenvalue weighted by atomic mass is 16.5. The first kappa shape index (κ1) is 105. The normalized spacial score (nSPS) is 13.6. The zero-order valence-electron chi connectivity index (χ0n) is 64.9. The van der Waals surface area contributed by atoms with Crippen LogP contribution < -0.4 is 0 Å². The van der Waals surface area contributed by atoms with Crippen LogP contribution in [-0.2, 0) is 69.3 Å². The van der Waals surface area contributed by atoms with Crippen molar-refractivity contribution in [1.29, 1.82) is 0 Å². The van der Waals surface area contributed by atoms with E-state index in [-0.39, 0.29) is 59.4 Å². The smallest absolute Gasteiger partial charge is 0.335 e. The number of likely N-dealkylation sites (tertiary alicyclic amines) is 5. The lowest BCUT2D eigenvalue weighted by Crippen LogP contribution is -2.28. The Morgan fingerprint density at radius 2 is 0.630 bits per heavy atom. The van der Waals surface area contributed by atoms with Gasteiger partial charge >= 0.3 is 5.97 Å². The minimum atomic E-state index is -0.955. The molecule has 0 aliphatic carbocycles. The van der Waals surface area contributed by atoms with Crippen molar-refractivity contribution in [3.63, 3.8) is 0 Å². The van der Waals surface area contributed by atoms with E-state index < -0.39 is 5.97 Å². The molecule has 4 aromatic carbocycles. The summed E-state index contributed by atoms with van der Waals surface area (Å²) < 4.78 is 4.60. The van der Waals surface area contributed by atoms with Crippen LogP contribution in [0.25, 0.3) is 0 Å². The third kappa shape index (κ3) is 50.3. The number of carboxylic acids is 1. The van der Waals surface area contributed by atoms with Gasteiger partial charge in [0, 0.05) is 123 Å². The second-order valence-electron chi connectivity index (χ2n) is 27.5. The number of carboxylic acid groups (broad SMARTS) is 1. The number of aryl methyl sites for hydroxylation is 5. The lowest BCUT2D eigenvalue weighted by molar-refractivity contribution is -0.120. The molecule has 0 spiro atoms. The predicted molar refractivity (Wildman–Crippen MR) is 437 cm³/mol. The number of nitrogens with zero attached hydrogens (tertiary/aromatic N) is 11. The second kappa shape index (κ2) is 64.9. The Morgan fingerprint density at radius 3 is 0.833 bits per heavy atom. The molecule has 1 aromatic heterocycles. The lowest BCUT2D eigenvalue weighted by atomic mass is 10.1. The van der Waals surface area contributed by atoms with Gasteiger partial charge in [-0.15, -0.1) is 0 Å². The van der Waals surface area contributed by atoms with E-state index in [0.29, 0.717) is 37.9 Å². The fourth-order valence-electron chi connectivity index (χ4n) is 10.6. The number of carbonyl (C=O) groups is 10. The Labute approximate surface area is 651 Å². The lowest BCUT2D eigenvalue weighted by Gasteiger charge is -2.21. The van der Waals surface area contributed by atoms with Gasteiger partial charge in [-0.05, 0) is 207 Å². The molecular weight excluding hydrogens is 1370 g/mol. The van der Waals surface area contributed by atoms with Crippen molar-refractivity contribution in [3.8, 4) is 0 Å². The molecule has 0 bridgehead atoms. The number of aromatic carboxylic acids is 1. The summed E-state index contributed by atoms with van der Waals surface area (Å²) in [6.07, 6.45) is 25.3. The van der Waals surface area contributed by atoms with Crippen LogP contribution in [0.1, 0.15) is 236 Å². The zero-order chi connectivity index (χ0) is 77.5. The van der Waals surface area contributed by atoms with Gasteiger partial charge in [0.05, 0.1) is 5.56 Å². The number of aromatic nitrogens is 2. The Morgan fingerprint density at radius 1 is 0.370 bits per heavy atom. The fourth-order valence-corrected chi connectivity index (χ4v) is 10.6. The number of rotatable bonds is 22. The number of piperidine rings is 4. The summed E-state index contributed by atoms with van der Waals surface area (Å²) in [5, 5.41) is 12.4. The van der Waals surface area contributed by atoms with Gasteiger partial charge in [-0.3, -0.25) is 43.2 Å². The van der Waals surface area contributed by atoms with Crippen molar-refractivity contribution < 1.29 is 57.6 Å². The number of carbonyl (C=O) groups excluding carboxylic acids is 9. The number of hydrogen-bond acceptors (Lipinski definition) is 13. The monoisotopic (exact) mass is 1510 g/mol. The van der Waals surface area contributed by atoms with Crippen LogP contribution in [-0.4, -0.2) is 213 Å². The van der Waals surface area contributed by atoms with Crippen LogP contribution in [0.5, 0.6) is 0 Å². The predicted octanol–water partition coefficient (Wildman–Crippen LogP) is 14.8. The van der Waals surface area contributed by atoms with Crippen molar-refractivity contribution in [2.75, 3.05) is 65.4 Å². The largest absolute Gasteiger partial charge is 0.478 e. The average molecular weight is 1510 g/mol. The van der Waals surface area contributed by atoms with Crippen LogP contribution in [0.2, 0.25) is 0 Å². The maximum Gasteiger partial charge on any atom is 0.335 e. The Kier molecular flexibility index (Phi) is 63.1. The zero-order valence-corrected chi connectivity index (χ0v) is 64.9. The van der Waals surface area contributed by atoms with E-state index in [9.17, 15) is 47.9 Å². The van der Waals surface area contributed by atoms with Crippen molar-refractivity contribution in [3.05, 3.63) is 153 Å². The van der Waals surface area contributed by atoms with Gasteiger partial charge in [0.25, 0.3) is 0 Å². The maximum atomic E-state index is 10.8. The fraction of sp³-hybridized carbons (Fsp3) is 0.576. The third-order valence-electron chi connectivity index (χ3n) is 17.2. The molecule has 608 valence electrons. The average Bonchev–Trinajstić information content (AvgIpc) is 1.04. The van der Waals surface area contributed by atoms with Crippen molar-refractivity contribution >= 4 is 63.7 Å². The molecular formula is C85H141N11O12. The highest BCUT2D eigenvalue weighted by Gasteiger charge is 2.13. The molecule has 1 N–H and O–H groups in total. The summed E-state index contributed by atoms with van der Waals surface area (Å²) in [5.41, 5.74) is 8.33. The number of benzene rings is 4. The van der Waals surface area contributed by atoms with E-state index in [4.69, 9.17) is 5.11 Å². The first-order chi connectivity index (χ1) is 49.9. The van der Waals surface area contributed by atoms with Crippen LogP contribution in [0, 0.1) is 34.6 Å². The van der Waals surface area contributed by atoms with E-state index in [0.717, 1.165) is 129 Å². The second-order valence-corrected chi connectivity index (χ2v) is 27.5. The molecule has 6 heterocycles. The van der Waals surface area contributed by atoms with Gasteiger partial charge in [-0.2, -0.15) is 4.98 Å².